The maximum Gasteiger partial charge on any atom is 0.293 e. The Balaban J connectivity index is 1.58. The number of aryl methyl sites for hydroxylation is 2. The van der Waals surface area contributed by atoms with Gasteiger partial charge in [-0.2, -0.15) is 0 Å². The Morgan fingerprint density at radius 3 is 2.46 bits per heavy atom. The number of carbonyl (C=O) groups is 1. The van der Waals surface area contributed by atoms with Crippen molar-refractivity contribution >= 4 is 23.1 Å². The largest absolute Gasteiger partial charge is 0.336 e. The lowest BCUT2D eigenvalue weighted by Gasteiger charge is -2.21. The predicted octanol–water partition coefficient (Wildman–Crippen LogP) is 6.93. The van der Waals surface area contributed by atoms with E-state index in [0.717, 1.165) is 48.2 Å². The lowest BCUT2D eigenvalue weighted by molar-refractivity contribution is 0.102. The zero-order valence-corrected chi connectivity index (χ0v) is 25.0. The van der Waals surface area contributed by atoms with E-state index in [-0.39, 0.29) is 17.3 Å². The molecule has 2 N–H and O–H groups in total. The number of nitrogens with zero attached hydrogens (tertiary/aromatic N) is 3. The van der Waals surface area contributed by atoms with Gasteiger partial charge in [-0.15, -0.1) is 0 Å². The molecule has 1 aromatic heterocycles. The standard InChI is InChI=1S/C34H41N5O2/c1-7-8-12-26-13-9-10-14-29(26)33(40)37-30-16-11-15-28(24(30)4)31-22-39(6)34(41)32(36-31)35-27-19-17-25(18-20-27)21-38(5)23(2)3/h9-11,13-20,22-23H,7-8,12,21H2,1-6H3,(H,35,36)(H,37,40). The number of amides is 1. The summed E-state index contributed by atoms with van der Waals surface area (Å²) in [5.74, 6) is 0.117. The molecule has 1 amide bonds. The third-order valence-electron chi connectivity index (χ3n) is 7.52. The highest BCUT2D eigenvalue weighted by molar-refractivity contribution is 6.06. The van der Waals surface area contributed by atoms with Crippen molar-refractivity contribution in [2.45, 2.75) is 59.5 Å². The van der Waals surface area contributed by atoms with E-state index in [4.69, 9.17) is 4.98 Å². The van der Waals surface area contributed by atoms with Crippen LogP contribution in [0.15, 0.2) is 77.7 Å². The van der Waals surface area contributed by atoms with Crippen LogP contribution in [-0.4, -0.2) is 33.4 Å². The number of unbranched alkanes of at least 4 members (excludes halogenated alkanes) is 1. The molecule has 4 aromatic rings. The molecule has 214 valence electrons. The summed E-state index contributed by atoms with van der Waals surface area (Å²) in [6, 6.07) is 22.0. The van der Waals surface area contributed by atoms with Gasteiger partial charge in [0.25, 0.3) is 11.5 Å². The molecule has 1 heterocycles. The van der Waals surface area contributed by atoms with Crippen LogP contribution in [0.1, 0.15) is 60.7 Å². The molecule has 0 saturated heterocycles. The van der Waals surface area contributed by atoms with Crippen LogP contribution >= 0.6 is 0 Å². The molecular formula is C34H41N5O2. The average molecular weight is 552 g/mol. The van der Waals surface area contributed by atoms with Crippen molar-refractivity contribution in [1.82, 2.24) is 14.5 Å². The first kappa shape index (κ1) is 29.7. The van der Waals surface area contributed by atoms with Gasteiger partial charge in [-0.1, -0.05) is 55.8 Å². The van der Waals surface area contributed by atoms with Crippen LogP contribution in [0.25, 0.3) is 11.3 Å². The van der Waals surface area contributed by atoms with Crippen molar-refractivity contribution in [1.29, 1.82) is 0 Å². The maximum atomic E-state index is 13.3. The van der Waals surface area contributed by atoms with Gasteiger partial charge in [0.05, 0.1) is 5.69 Å². The van der Waals surface area contributed by atoms with Gasteiger partial charge in [0.1, 0.15) is 0 Å². The molecule has 0 aliphatic heterocycles. The van der Waals surface area contributed by atoms with Gasteiger partial charge in [0.15, 0.2) is 5.82 Å². The van der Waals surface area contributed by atoms with Gasteiger partial charge in [0.2, 0.25) is 0 Å². The van der Waals surface area contributed by atoms with E-state index in [1.54, 1.807) is 13.2 Å². The molecule has 3 aromatic carbocycles. The Hall–Kier alpha value is -4.23. The van der Waals surface area contributed by atoms with Crippen LogP contribution in [0.3, 0.4) is 0 Å². The second-order valence-electron chi connectivity index (χ2n) is 10.9. The molecule has 0 radical (unpaired) electrons. The summed E-state index contributed by atoms with van der Waals surface area (Å²) in [7, 11) is 3.82. The van der Waals surface area contributed by atoms with Crippen LogP contribution < -0.4 is 16.2 Å². The van der Waals surface area contributed by atoms with Crippen LogP contribution in [0.4, 0.5) is 17.2 Å². The molecular weight excluding hydrogens is 510 g/mol. The summed E-state index contributed by atoms with van der Waals surface area (Å²) in [4.78, 5) is 33.3. The summed E-state index contributed by atoms with van der Waals surface area (Å²) in [5.41, 5.74) is 6.59. The van der Waals surface area contributed by atoms with E-state index in [1.807, 2.05) is 61.5 Å². The molecule has 0 spiro atoms. The quantitative estimate of drug-likeness (QED) is 0.211. The monoisotopic (exact) mass is 551 g/mol. The molecule has 7 heteroatoms. The van der Waals surface area contributed by atoms with Gasteiger partial charge in [0, 0.05) is 48.3 Å². The third kappa shape index (κ3) is 7.30. The summed E-state index contributed by atoms with van der Waals surface area (Å²) in [5, 5.41) is 6.31. The normalized spacial score (nSPS) is 11.2. The predicted molar refractivity (Wildman–Crippen MR) is 169 cm³/mol. The molecule has 0 aliphatic carbocycles. The van der Waals surface area contributed by atoms with Gasteiger partial charge in [-0.25, -0.2) is 4.98 Å². The van der Waals surface area contributed by atoms with Crippen molar-refractivity contribution in [3.63, 3.8) is 0 Å². The van der Waals surface area contributed by atoms with Crippen molar-refractivity contribution in [3.8, 4) is 11.3 Å². The topological polar surface area (TPSA) is 79.3 Å². The highest BCUT2D eigenvalue weighted by Gasteiger charge is 2.16. The molecule has 0 fully saturated rings. The average Bonchev–Trinajstić information content (AvgIpc) is 2.96. The number of hydrogen-bond donors (Lipinski definition) is 2. The van der Waals surface area contributed by atoms with E-state index in [0.29, 0.717) is 23.0 Å². The minimum Gasteiger partial charge on any atom is -0.336 e. The van der Waals surface area contributed by atoms with Crippen LogP contribution in [0.5, 0.6) is 0 Å². The summed E-state index contributed by atoms with van der Waals surface area (Å²) >= 11 is 0. The van der Waals surface area contributed by atoms with Crippen LogP contribution in [0.2, 0.25) is 0 Å². The fourth-order valence-corrected chi connectivity index (χ4v) is 4.68. The van der Waals surface area contributed by atoms with Crippen molar-refractivity contribution in [2.75, 3.05) is 17.7 Å². The number of benzene rings is 3. The lowest BCUT2D eigenvalue weighted by atomic mass is 10.0. The summed E-state index contributed by atoms with van der Waals surface area (Å²) in [6.07, 6.45) is 4.70. The molecule has 0 atom stereocenters. The fraction of sp³-hybridized carbons (Fsp3) is 0.324. The summed E-state index contributed by atoms with van der Waals surface area (Å²) < 4.78 is 1.53. The number of carbonyl (C=O) groups excluding carboxylic acids is 1. The van der Waals surface area contributed by atoms with E-state index in [9.17, 15) is 9.59 Å². The van der Waals surface area contributed by atoms with Gasteiger partial charge < -0.3 is 15.2 Å². The first-order chi connectivity index (χ1) is 19.7. The Labute approximate surface area is 243 Å². The number of hydrogen-bond acceptors (Lipinski definition) is 5. The van der Waals surface area contributed by atoms with Gasteiger partial charge >= 0.3 is 0 Å². The minimum atomic E-state index is -0.219. The Morgan fingerprint density at radius 1 is 1.02 bits per heavy atom. The molecule has 0 bridgehead atoms. The molecule has 0 saturated carbocycles. The Kier molecular flexibility index (Phi) is 9.73. The maximum absolute atomic E-state index is 13.3. The first-order valence-corrected chi connectivity index (χ1v) is 14.3. The minimum absolute atomic E-state index is 0.129. The van der Waals surface area contributed by atoms with Gasteiger partial charge in [-0.05, 0) is 81.6 Å². The van der Waals surface area contributed by atoms with Crippen molar-refractivity contribution in [3.05, 3.63) is 106 Å². The molecule has 0 aliphatic rings. The van der Waals surface area contributed by atoms with E-state index in [1.165, 1.54) is 10.1 Å². The van der Waals surface area contributed by atoms with Gasteiger partial charge in [-0.3, -0.25) is 14.5 Å². The first-order valence-electron chi connectivity index (χ1n) is 14.3. The zero-order valence-electron chi connectivity index (χ0n) is 25.0. The molecule has 4 rings (SSSR count). The number of rotatable bonds is 11. The second kappa shape index (κ2) is 13.4. The number of aromatic nitrogens is 2. The van der Waals surface area contributed by atoms with Crippen LogP contribution in [-0.2, 0) is 20.0 Å². The smallest absolute Gasteiger partial charge is 0.293 e. The zero-order chi connectivity index (χ0) is 29.5. The molecule has 7 nitrogen and oxygen atoms in total. The number of anilines is 3. The second-order valence-corrected chi connectivity index (χ2v) is 10.9. The van der Waals surface area contributed by atoms with E-state index < -0.39 is 0 Å². The van der Waals surface area contributed by atoms with E-state index >= 15 is 0 Å². The Morgan fingerprint density at radius 2 is 1.76 bits per heavy atom. The van der Waals surface area contributed by atoms with E-state index in [2.05, 4.69) is 55.5 Å². The highest BCUT2D eigenvalue weighted by atomic mass is 16.1. The fourth-order valence-electron chi connectivity index (χ4n) is 4.68. The third-order valence-corrected chi connectivity index (χ3v) is 7.52. The highest BCUT2D eigenvalue weighted by Crippen LogP contribution is 2.28. The summed E-state index contributed by atoms with van der Waals surface area (Å²) in [6.45, 7) is 9.30. The lowest BCUT2D eigenvalue weighted by Crippen LogP contribution is -2.25. The van der Waals surface area contributed by atoms with Crippen molar-refractivity contribution in [2.24, 2.45) is 7.05 Å². The molecule has 0 unspecified atom stereocenters. The Bertz CT molecular complexity index is 1560. The molecule has 41 heavy (non-hydrogen) atoms. The number of nitrogens with one attached hydrogen (secondary N) is 2. The SMILES string of the molecule is CCCCc1ccccc1C(=O)Nc1cccc(-c2cn(C)c(=O)c(Nc3ccc(CN(C)C(C)C)cc3)n2)c1C. The van der Waals surface area contributed by atoms with Crippen LogP contribution in [0, 0.1) is 6.92 Å². The van der Waals surface area contributed by atoms with Crippen molar-refractivity contribution < 1.29 is 4.79 Å².